The summed E-state index contributed by atoms with van der Waals surface area (Å²) in [5.74, 6) is -0.000980. The maximum absolute atomic E-state index is 12.5. The first-order valence-corrected chi connectivity index (χ1v) is 9.97. The lowest BCUT2D eigenvalue weighted by Gasteiger charge is -2.15. The summed E-state index contributed by atoms with van der Waals surface area (Å²) in [5, 5.41) is 6.36. The van der Waals surface area contributed by atoms with Crippen LogP contribution in [0.15, 0.2) is 46.9 Å². The molecule has 0 spiro atoms. The van der Waals surface area contributed by atoms with Crippen molar-refractivity contribution in [3.05, 3.63) is 57.5 Å². The van der Waals surface area contributed by atoms with Crippen molar-refractivity contribution in [1.29, 1.82) is 0 Å². The standard InChI is InChI=1S/C20H20BrClN2O3/c21-16-11-13(22)9-10-18(16)27-12-19(25)24-17-8-4-3-7-15(17)20(26)23-14-5-1-2-6-14/h3-4,7-11,14H,1-2,5-6,12H2,(H,23,26)(H,24,25). The van der Waals surface area contributed by atoms with E-state index in [0.717, 1.165) is 25.7 Å². The Morgan fingerprint density at radius 2 is 1.89 bits per heavy atom. The van der Waals surface area contributed by atoms with Gasteiger partial charge in [-0.2, -0.15) is 0 Å². The van der Waals surface area contributed by atoms with Crippen molar-refractivity contribution in [2.45, 2.75) is 31.7 Å². The van der Waals surface area contributed by atoms with E-state index in [2.05, 4.69) is 26.6 Å². The molecule has 0 bridgehead atoms. The lowest BCUT2D eigenvalue weighted by molar-refractivity contribution is -0.118. The van der Waals surface area contributed by atoms with Crippen molar-refractivity contribution in [2.24, 2.45) is 0 Å². The quantitative estimate of drug-likeness (QED) is 0.663. The number of hydrogen-bond acceptors (Lipinski definition) is 3. The smallest absolute Gasteiger partial charge is 0.262 e. The van der Waals surface area contributed by atoms with Gasteiger partial charge in [0.05, 0.1) is 15.7 Å². The minimum Gasteiger partial charge on any atom is -0.483 e. The van der Waals surface area contributed by atoms with E-state index in [1.54, 1.807) is 42.5 Å². The Bertz CT molecular complexity index is 838. The molecule has 2 N–H and O–H groups in total. The molecule has 7 heteroatoms. The molecule has 0 saturated heterocycles. The molecular formula is C20H20BrClN2O3. The molecule has 0 atom stereocenters. The third-order valence-electron chi connectivity index (χ3n) is 4.39. The fourth-order valence-electron chi connectivity index (χ4n) is 3.05. The van der Waals surface area contributed by atoms with Crippen LogP contribution in [0.5, 0.6) is 5.75 Å². The Kier molecular flexibility index (Phi) is 6.74. The van der Waals surface area contributed by atoms with Gasteiger partial charge in [0.25, 0.3) is 11.8 Å². The molecular weight excluding hydrogens is 432 g/mol. The zero-order valence-electron chi connectivity index (χ0n) is 14.6. The average molecular weight is 452 g/mol. The summed E-state index contributed by atoms with van der Waals surface area (Å²) in [4.78, 5) is 24.8. The molecule has 2 amide bonds. The Morgan fingerprint density at radius 3 is 2.63 bits per heavy atom. The van der Waals surface area contributed by atoms with Crippen molar-refractivity contribution in [2.75, 3.05) is 11.9 Å². The summed E-state index contributed by atoms with van der Waals surface area (Å²) < 4.78 is 6.18. The number of halogens is 2. The summed E-state index contributed by atoms with van der Waals surface area (Å²) in [7, 11) is 0. The molecule has 27 heavy (non-hydrogen) atoms. The van der Waals surface area contributed by atoms with Crippen LogP contribution in [-0.2, 0) is 4.79 Å². The second-order valence-electron chi connectivity index (χ2n) is 6.41. The third kappa shape index (κ3) is 5.47. The summed E-state index contributed by atoms with van der Waals surface area (Å²) in [6.45, 7) is -0.182. The van der Waals surface area contributed by atoms with Gasteiger partial charge in [-0.15, -0.1) is 0 Å². The highest BCUT2D eigenvalue weighted by atomic mass is 79.9. The molecule has 0 heterocycles. The van der Waals surface area contributed by atoms with Crippen LogP contribution in [0.3, 0.4) is 0 Å². The van der Waals surface area contributed by atoms with E-state index in [4.69, 9.17) is 16.3 Å². The number of amides is 2. The normalized spacial score (nSPS) is 14.0. The van der Waals surface area contributed by atoms with E-state index in [9.17, 15) is 9.59 Å². The van der Waals surface area contributed by atoms with E-state index < -0.39 is 0 Å². The molecule has 1 fully saturated rings. The van der Waals surface area contributed by atoms with Crippen molar-refractivity contribution < 1.29 is 14.3 Å². The lowest BCUT2D eigenvalue weighted by atomic mass is 10.1. The third-order valence-corrected chi connectivity index (χ3v) is 5.24. The molecule has 5 nitrogen and oxygen atoms in total. The van der Waals surface area contributed by atoms with Crippen molar-refractivity contribution >= 4 is 45.0 Å². The highest BCUT2D eigenvalue weighted by Gasteiger charge is 2.20. The van der Waals surface area contributed by atoms with E-state index in [1.807, 2.05) is 0 Å². The Hall–Kier alpha value is -2.05. The number of ether oxygens (including phenoxy) is 1. The molecule has 0 radical (unpaired) electrons. The summed E-state index contributed by atoms with van der Waals surface area (Å²) in [5.41, 5.74) is 0.919. The number of hydrogen-bond donors (Lipinski definition) is 2. The molecule has 1 saturated carbocycles. The van der Waals surface area contributed by atoms with Gasteiger partial charge in [0, 0.05) is 11.1 Å². The van der Waals surface area contributed by atoms with Gasteiger partial charge in [-0.05, 0) is 59.1 Å². The van der Waals surface area contributed by atoms with Gasteiger partial charge in [0.1, 0.15) is 5.75 Å². The molecule has 3 rings (SSSR count). The minimum absolute atomic E-state index is 0.167. The molecule has 2 aromatic carbocycles. The van der Waals surface area contributed by atoms with Gasteiger partial charge in [0.15, 0.2) is 6.61 Å². The number of anilines is 1. The van der Waals surface area contributed by atoms with Crippen LogP contribution >= 0.6 is 27.5 Å². The van der Waals surface area contributed by atoms with Crippen LogP contribution in [-0.4, -0.2) is 24.5 Å². The Morgan fingerprint density at radius 1 is 1.15 bits per heavy atom. The van der Waals surface area contributed by atoms with Crippen LogP contribution < -0.4 is 15.4 Å². The number of nitrogens with one attached hydrogen (secondary N) is 2. The van der Waals surface area contributed by atoms with E-state index >= 15 is 0 Å². The van der Waals surface area contributed by atoms with Gasteiger partial charge >= 0.3 is 0 Å². The summed E-state index contributed by atoms with van der Waals surface area (Å²) >= 11 is 9.23. The van der Waals surface area contributed by atoms with Gasteiger partial charge in [-0.3, -0.25) is 9.59 Å². The second kappa shape index (κ2) is 9.24. The number of para-hydroxylation sites is 1. The van der Waals surface area contributed by atoms with Crippen molar-refractivity contribution in [1.82, 2.24) is 5.32 Å². The van der Waals surface area contributed by atoms with Crippen LogP contribution in [0.1, 0.15) is 36.0 Å². The molecule has 2 aromatic rings. The molecule has 0 aliphatic heterocycles. The number of carbonyl (C=O) groups is 2. The van der Waals surface area contributed by atoms with Crippen LogP contribution in [0.25, 0.3) is 0 Å². The fraction of sp³-hybridized carbons (Fsp3) is 0.300. The van der Waals surface area contributed by atoms with Gasteiger partial charge in [0.2, 0.25) is 0 Å². The van der Waals surface area contributed by atoms with Gasteiger partial charge in [-0.25, -0.2) is 0 Å². The molecule has 1 aliphatic rings. The largest absolute Gasteiger partial charge is 0.483 e. The van der Waals surface area contributed by atoms with Crippen molar-refractivity contribution in [3.8, 4) is 5.75 Å². The van der Waals surface area contributed by atoms with Crippen molar-refractivity contribution in [3.63, 3.8) is 0 Å². The zero-order chi connectivity index (χ0) is 19.2. The van der Waals surface area contributed by atoms with E-state index in [-0.39, 0.29) is 24.5 Å². The lowest BCUT2D eigenvalue weighted by Crippen LogP contribution is -2.33. The highest BCUT2D eigenvalue weighted by molar-refractivity contribution is 9.10. The van der Waals surface area contributed by atoms with E-state index in [1.165, 1.54) is 0 Å². The molecule has 1 aliphatic carbocycles. The number of carbonyl (C=O) groups excluding carboxylic acids is 2. The molecule has 142 valence electrons. The van der Waals surface area contributed by atoms with Crippen LogP contribution in [0.2, 0.25) is 5.02 Å². The van der Waals surface area contributed by atoms with E-state index in [0.29, 0.717) is 26.5 Å². The Labute approximate surface area is 171 Å². The van der Waals surface area contributed by atoms with Crippen LogP contribution in [0.4, 0.5) is 5.69 Å². The van der Waals surface area contributed by atoms with Gasteiger partial charge < -0.3 is 15.4 Å². The first kappa shape index (κ1) is 19.7. The topological polar surface area (TPSA) is 67.4 Å². The maximum Gasteiger partial charge on any atom is 0.262 e. The molecule has 0 unspecified atom stereocenters. The fourth-order valence-corrected chi connectivity index (χ4v) is 3.84. The number of rotatable bonds is 6. The predicted molar refractivity (Wildman–Crippen MR) is 109 cm³/mol. The summed E-state index contributed by atoms with van der Waals surface area (Å²) in [6.07, 6.45) is 4.29. The maximum atomic E-state index is 12.5. The summed E-state index contributed by atoms with van der Waals surface area (Å²) in [6, 6.07) is 12.2. The Balaban J connectivity index is 1.61. The predicted octanol–water partition coefficient (Wildman–Crippen LogP) is 4.79. The van der Waals surface area contributed by atoms with Crippen LogP contribution in [0, 0.1) is 0 Å². The average Bonchev–Trinajstić information content (AvgIpc) is 3.14. The van der Waals surface area contributed by atoms with Gasteiger partial charge in [-0.1, -0.05) is 36.6 Å². The first-order chi connectivity index (χ1) is 13.0. The SMILES string of the molecule is O=C(COc1ccc(Cl)cc1Br)Nc1ccccc1C(=O)NC1CCCC1. The zero-order valence-corrected chi connectivity index (χ0v) is 17.0. The number of benzene rings is 2. The minimum atomic E-state index is -0.349. The molecule has 0 aromatic heterocycles. The second-order valence-corrected chi connectivity index (χ2v) is 7.70. The monoisotopic (exact) mass is 450 g/mol. The first-order valence-electron chi connectivity index (χ1n) is 8.80. The highest BCUT2D eigenvalue weighted by Crippen LogP contribution is 2.28.